The van der Waals surface area contributed by atoms with Gasteiger partial charge in [0.15, 0.2) is 0 Å². The highest BCUT2D eigenvalue weighted by Crippen LogP contribution is 2.24. The molecule has 3 aromatic rings. The van der Waals surface area contributed by atoms with Crippen LogP contribution in [0.15, 0.2) is 65.5 Å². The monoisotopic (exact) mass is 425 g/mol. The van der Waals surface area contributed by atoms with E-state index in [-0.39, 0.29) is 5.91 Å². The second kappa shape index (κ2) is 9.28. The van der Waals surface area contributed by atoms with Gasteiger partial charge in [-0.05, 0) is 60.0 Å². The quantitative estimate of drug-likeness (QED) is 0.616. The van der Waals surface area contributed by atoms with Crippen molar-refractivity contribution in [1.82, 2.24) is 15.3 Å². The molecule has 0 spiro atoms. The van der Waals surface area contributed by atoms with Crippen LogP contribution >= 0.6 is 15.9 Å². The van der Waals surface area contributed by atoms with Crippen LogP contribution in [0.25, 0.3) is 11.3 Å². The van der Waals surface area contributed by atoms with Crippen molar-refractivity contribution in [3.05, 3.63) is 76.7 Å². The molecular formula is C21H20BrN3O2. The van der Waals surface area contributed by atoms with Gasteiger partial charge >= 0.3 is 0 Å². The molecule has 0 saturated carbocycles. The molecule has 138 valence electrons. The Morgan fingerprint density at radius 2 is 2.07 bits per heavy atom. The minimum Gasteiger partial charge on any atom is -0.496 e. The molecule has 0 aliphatic carbocycles. The Hall–Kier alpha value is -2.73. The number of amides is 1. The fourth-order valence-electron chi connectivity index (χ4n) is 2.74. The van der Waals surface area contributed by atoms with E-state index in [9.17, 15) is 4.79 Å². The summed E-state index contributed by atoms with van der Waals surface area (Å²) >= 11 is 3.45. The van der Waals surface area contributed by atoms with Crippen LogP contribution < -0.4 is 10.1 Å². The smallest absolute Gasteiger partial charge is 0.220 e. The third kappa shape index (κ3) is 5.37. The molecule has 1 amide bonds. The molecule has 3 rings (SSSR count). The first kappa shape index (κ1) is 19.0. The predicted octanol–water partition coefficient (Wildman–Crippen LogP) is 4.16. The number of nitrogens with one attached hydrogen (secondary N) is 1. The zero-order chi connectivity index (χ0) is 19.1. The number of hydrogen-bond acceptors (Lipinski definition) is 4. The van der Waals surface area contributed by atoms with Gasteiger partial charge in [0.2, 0.25) is 5.91 Å². The Labute approximate surface area is 167 Å². The second-order valence-corrected chi connectivity index (χ2v) is 6.94. The summed E-state index contributed by atoms with van der Waals surface area (Å²) < 4.78 is 6.32. The Bertz CT molecular complexity index is 916. The molecule has 1 N–H and O–H groups in total. The van der Waals surface area contributed by atoms with Gasteiger partial charge in [-0.15, -0.1) is 0 Å². The number of carbonyl (C=O) groups excluding carboxylic acids is 1. The lowest BCUT2D eigenvalue weighted by Crippen LogP contribution is -2.23. The highest BCUT2D eigenvalue weighted by atomic mass is 79.9. The molecule has 1 aromatic carbocycles. The number of hydrogen-bond donors (Lipinski definition) is 1. The van der Waals surface area contributed by atoms with Crippen molar-refractivity contribution in [2.24, 2.45) is 0 Å². The number of halogens is 1. The number of benzene rings is 1. The van der Waals surface area contributed by atoms with Crippen molar-refractivity contribution < 1.29 is 9.53 Å². The number of aryl methyl sites for hydroxylation is 1. The van der Waals surface area contributed by atoms with Crippen molar-refractivity contribution in [1.29, 1.82) is 0 Å². The lowest BCUT2D eigenvalue weighted by Gasteiger charge is -2.10. The first-order valence-electron chi connectivity index (χ1n) is 8.60. The summed E-state index contributed by atoms with van der Waals surface area (Å²) in [6.07, 6.45) is 6.26. The van der Waals surface area contributed by atoms with Crippen molar-refractivity contribution in [2.45, 2.75) is 19.4 Å². The summed E-state index contributed by atoms with van der Waals surface area (Å²) in [7, 11) is 1.64. The first-order chi connectivity index (χ1) is 13.2. The van der Waals surface area contributed by atoms with Gasteiger partial charge in [-0.3, -0.25) is 14.8 Å². The van der Waals surface area contributed by atoms with Crippen molar-refractivity contribution in [2.75, 3.05) is 7.11 Å². The molecule has 0 unspecified atom stereocenters. The van der Waals surface area contributed by atoms with E-state index in [1.807, 2.05) is 42.5 Å². The minimum absolute atomic E-state index is 0.00299. The van der Waals surface area contributed by atoms with Crippen molar-refractivity contribution >= 4 is 21.8 Å². The van der Waals surface area contributed by atoms with Crippen LogP contribution in [0, 0.1) is 0 Å². The van der Waals surface area contributed by atoms with Crippen molar-refractivity contribution in [3.8, 4) is 17.0 Å². The molecule has 2 aromatic heterocycles. The second-order valence-electron chi connectivity index (χ2n) is 6.02. The highest BCUT2D eigenvalue weighted by Gasteiger charge is 2.08. The van der Waals surface area contributed by atoms with Gasteiger partial charge in [-0.25, -0.2) is 0 Å². The highest BCUT2D eigenvalue weighted by molar-refractivity contribution is 9.10. The third-order valence-corrected chi connectivity index (χ3v) is 4.63. The van der Waals surface area contributed by atoms with Gasteiger partial charge < -0.3 is 10.1 Å². The lowest BCUT2D eigenvalue weighted by molar-refractivity contribution is -0.121. The molecule has 0 fully saturated rings. The maximum Gasteiger partial charge on any atom is 0.220 e. The van der Waals surface area contributed by atoms with Gasteiger partial charge in [0.1, 0.15) is 5.75 Å². The summed E-state index contributed by atoms with van der Waals surface area (Å²) in [5.74, 6) is 0.790. The molecular weight excluding hydrogens is 406 g/mol. The van der Waals surface area contributed by atoms with E-state index in [1.165, 1.54) is 0 Å². The summed E-state index contributed by atoms with van der Waals surface area (Å²) in [5.41, 5.74) is 3.79. The predicted molar refractivity (Wildman–Crippen MR) is 108 cm³/mol. The van der Waals surface area contributed by atoms with Crippen LogP contribution in [0.3, 0.4) is 0 Å². The number of ether oxygens (including phenoxy) is 1. The average Bonchev–Trinajstić information content (AvgIpc) is 2.71. The van der Waals surface area contributed by atoms with E-state index in [1.54, 1.807) is 25.7 Å². The fourth-order valence-corrected chi connectivity index (χ4v) is 3.14. The van der Waals surface area contributed by atoms with Gasteiger partial charge in [0.25, 0.3) is 0 Å². The summed E-state index contributed by atoms with van der Waals surface area (Å²) in [5, 5.41) is 2.97. The van der Waals surface area contributed by atoms with Gasteiger partial charge in [0, 0.05) is 41.6 Å². The largest absolute Gasteiger partial charge is 0.496 e. The van der Waals surface area contributed by atoms with E-state index >= 15 is 0 Å². The molecule has 27 heavy (non-hydrogen) atoms. The lowest BCUT2D eigenvalue weighted by atomic mass is 10.1. The van der Waals surface area contributed by atoms with Crippen LogP contribution in [-0.2, 0) is 17.8 Å². The molecule has 0 atom stereocenters. The third-order valence-electron chi connectivity index (χ3n) is 4.14. The van der Waals surface area contributed by atoms with E-state index in [0.717, 1.165) is 32.6 Å². The molecule has 5 nitrogen and oxygen atoms in total. The van der Waals surface area contributed by atoms with Gasteiger partial charge in [0.05, 0.1) is 12.8 Å². The molecule has 6 heteroatoms. The van der Waals surface area contributed by atoms with Crippen LogP contribution in [0.4, 0.5) is 0 Å². The standard InChI is InChI=1S/C21H20BrN3O2/c1-27-20-6-5-18(22)12-16(20)4-7-21(26)25-13-15-8-10-24-19(11-15)17-3-2-9-23-14-17/h2-3,5-6,8-12,14H,4,7,13H2,1H3,(H,25,26). The van der Waals surface area contributed by atoms with E-state index in [4.69, 9.17) is 4.74 Å². The zero-order valence-corrected chi connectivity index (χ0v) is 16.6. The van der Waals surface area contributed by atoms with Gasteiger partial charge in [-0.2, -0.15) is 0 Å². The maximum absolute atomic E-state index is 12.2. The molecule has 2 heterocycles. The summed E-state index contributed by atoms with van der Waals surface area (Å²) in [4.78, 5) is 20.7. The normalized spacial score (nSPS) is 10.4. The maximum atomic E-state index is 12.2. The number of rotatable bonds is 7. The molecule has 0 bridgehead atoms. The number of pyridine rings is 2. The Balaban J connectivity index is 1.56. The average molecular weight is 426 g/mol. The topological polar surface area (TPSA) is 64.1 Å². The number of methoxy groups -OCH3 is 1. The van der Waals surface area contributed by atoms with Crippen molar-refractivity contribution in [3.63, 3.8) is 0 Å². The number of carbonyl (C=O) groups is 1. The zero-order valence-electron chi connectivity index (χ0n) is 15.0. The first-order valence-corrected chi connectivity index (χ1v) is 9.39. The SMILES string of the molecule is COc1ccc(Br)cc1CCC(=O)NCc1ccnc(-c2cccnc2)c1. The number of aromatic nitrogens is 2. The molecule has 0 saturated heterocycles. The van der Waals surface area contributed by atoms with Crippen LogP contribution in [0.2, 0.25) is 0 Å². The van der Waals surface area contributed by atoms with Crippen LogP contribution in [-0.4, -0.2) is 23.0 Å². The van der Waals surface area contributed by atoms with E-state index < -0.39 is 0 Å². The Kier molecular flexibility index (Phi) is 6.54. The molecule has 0 aliphatic rings. The minimum atomic E-state index is -0.00299. The number of nitrogens with zero attached hydrogens (tertiary/aromatic N) is 2. The van der Waals surface area contributed by atoms with Crippen LogP contribution in [0.5, 0.6) is 5.75 Å². The Morgan fingerprint density at radius 3 is 2.85 bits per heavy atom. The van der Waals surface area contributed by atoms with Gasteiger partial charge in [-0.1, -0.05) is 15.9 Å². The summed E-state index contributed by atoms with van der Waals surface area (Å²) in [6.45, 7) is 0.463. The van der Waals surface area contributed by atoms with Crippen LogP contribution in [0.1, 0.15) is 17.5 Å². The van der Waals surface area contributed by atoms with E-state index in [0.29, 0.717) is 19.4 Å². The molecule has 0 aliphatic heterocycles. The Morgan fingerprint density at radius 1 is 1.19 bits per heavy atom. The fraction of sp³-hybridized carbons (Fsp3) is 0.190. The summed E-state index contributed by atoms with van der Waals surface area (Å²) in [6, 6.07) is 13.5. The molecule has 0 radical (unpaired) electrons. The van der Waals surface area contributed by atoms with E-state index in [2.05, 4.69) is 31.2 Å².